The number of aryl methyl sites for hydroxylation is 2. The molecule has 25 heavy (non-hydrogen) atoms. The van der Waals surface area contributed by atoms with Crippen molar-refractivity contribution in [3.8, 4) is 0 Å². The number of imide groups is 1. The predicted molar refractivity (Wildman–Crippen MR) is 85.2 cm³/mol. The average Bonchev–Trinajstić information content (AvgIpc) is 2.49. The van der Waals surface area contributed by atoms with Crippen LogP contribution in [0.5, 0.6) is 0 Å². The van der Waals surface area contributed by atoms with Gasteiger partial charge in [0.2, 0.25) is 0 Å². The largest absolute Gasteiger partial charge is 0.455 e. The topological polar surface area (TPSA) is 84.5 Å². The zero-order valence-corrected chi connectivity index (χ0v) is 14.3. The van der Waals surface area contributed by atoms with Crippen LogP contribution in [0.4, 0.5) is 18.0 Å². The number of alkyl halides is 3. The number of benzene rings is 1. The Morgan fingerprint density at radius 1 is 1.20 bits per heavy atom. The second-order valence-electron chi connectivity index (χ2n) is 5.06. The van der Waals surface area contributed by atoms with Gasteiger partial charge in [-0.3, -0.25) is 14.9 Å². The van der Waals surface area contributed by atoms with E-state index in [9.17, 15) is 27.6 Å². The molecule has 0 radical (unpaired) electrons. The smallest absolute Gasteiger partial charge is 0.405 e. The van der Waals surface area contributed by atoms with E-state index in [1.54, 1.807) is 5.32 Å². The van der Waals surface area contributed by atoms with E-state index in [-0.39, 0.29) is 5.75 Å². The maximum atomic E-state index is 11.9. The van der Waals surface area contributed by atoms with Crippen LogP contribution in [0.2, 0.25) is 0 Å². The third-order valence-corrected chi connectivity index (χ3v) is 3.89. The standard InChI is InChI=1S/C15H17F3N2O4S/c1-9-3-4-11(10(2)5-9)25-7-13(22)24-6-12(21)20-14(23)19-8-15(16,17)18/h3-5H,6-8H2,1-2H3,(H2,19,20,21,23). The van der Waals surface area contributed by atoms with Crippen LogP contribution < -0.4 is 10.6 Å². The molecule has 0 bridgehead atoms. The summed E-state index contributed by atoms with van der Waals surface area (Å²) in [5.74, 6) is -1.75. The Labute approximate surface area is 146 Å². The van der Waals surface area contributed by atoms with Gasteiger partial charge in [-0.1, -0.05) is 17.7 Å². The summed E-state index contributed by atoms with van der Waals surface area (Å²) >= 11 is 1.23. The first-order valence-electron chi connectivity index (χ1n) is 7.07. The molecule has 1 aromatic carbocycles. The average molecular weight is 378 g/mol. The second-order valence-corrected chi connectivity index (χ2v) is 6.08. The molecule has 1 rings (SSSR count). The molecule has 138 valence electrons. The lowest BCUT2D eigenvalue weighted by atomic mass is 10.2. The van der Waals surface area contributed by atoms with Crippen molar-refractivity contribution in [2.75, 3.05) is 18.9 Å². The van der Waals surface area contributed by atoms with Crippen LogP contribution in [-0.4, -0.2) is 43.0 Å². The van der Waals surface area contributed by atoms with E-state index in [1.807, 2.05) is 32.0 Å². The monoisotopic (exact) mass is 378 g/mol. The van der Waals surface area contributed by atoms with Gasteiger partial charge in [-0.15, -0.1) is 11.8 Å². The van der Waals surface area contributed by atoms with Crippen molar-refractivity contribution in [2.45, 2.75) is 24.9 Å². The van der Waals surface area contributed by atoms with Crippen LogP contribution in [0.1, 0.15) is 11.1 Å². The Morgan fingerprint density at radius 3 is 2.48 bits per heavy atom. The maximum absolute atomic E-state index is 11.9. The molecule has 2 N–H and O–H groups in total. The molecular weight excluding hydrogens is 361 g/mol. The molecule has 0 aromatic heterocycles. The van der Waals surface area contributed by atoms with E-state index in [0.717, 1.165) is 16.0 Å². The summed E-state index contributed by atoms with van der Waals surface area (Å²) in [5.41, 5.74) is 2.08. The Hall–Kier alpha value is -2.23. The molecule has 0 unspecified atom stereocenters. The van der Waals surface area contributed by atoms with Gasteiger partial charge in [0.1, 0.15) is 6.54 Å². The molecular formula is C15H17F3N2O4S. The number of ether oxygens (including phenoxy) is 1. The van der Waals surface area contributed by atoms with Crippen molar-refractivity contribution >= 4 is 29.7 Å². The molecule has 10 heteroatoms. The first-order chi connectivity index (χ1) is 11.6. The lowest BCUT2D eigenvalue weighted by Crippen LogP contribution is -2.44. The van der Waals surface area contributed by atoms with Gasteiger partial charge in [0, 0.05) is 4.90 Å². The van der Waals surface area contributed by atoms with Crippen molar-refractivity contribution in [3.05, 3.63) is 29.3 Å². The molecule has 1 aromatic rings. The minimum atomic E-state index is -4.59. The first kappa shape index (κ1) is 20.8. The molecule has 6 nitrogen and oxygen atoms in total. The summed E-state index contributed by atoms with van der Waals surface area (Å²) in [6, 6.07) is 4.40. The van der Waals surface area contributed by atoms with Crippen LogP contribution in [0, 0.1) is 13.8 Å². The SMILES string of the molecule is Cc1ccc(SCC(=O)OCC(=O)NC(=O)NCC(F)(F)F)c(C)c1. The number of urea groups is 1. The molecule has 0 aliphatic rings. The Morgan fingerprint density at radius 2 is 1.88 bits per heavy atom. The number of esters is 1. The molecule has 3 amide bonds. The summed E-state index contributed by atoms with van der Waals surface area (Å²) in [6.07, 6.45) is -4.59. The zero-order chi connectivity index (χ0) is 19.0. The predicted octanol–water partition coefficient (Wildman–Crippen LogP) is 2.33. The number of carbonyl (C=O) groups is 3. The van der Waals surface area contributed by atoms with Crippen LogP contribution >= 0.6 is 11.8 Å². The van der Waals surface area contributed by atoms with Crippen molar-refractivity contribution in [2.24, 2.45) is 0 Å². The highest BCUT2D eigenvalue weighted by Gasteiger charge is 2.28. The Balaban J connectivity index is 2.29. The van der Waals surface area contributed by atoms with E-state index < -0.39 is 37.2 Å². The fraction of sp³-hybridized carbons (Fsp3) is 0.400. The summed E-state index contributed by atoms with van der Waals surface area (Å²) in [5, 5.41) is 3.08. The van der Waals surface area contributed by atoms with Gasteiger partial charge >= 0.3 is 18.2 Å². The highest BCUT2D eigenvalue weighted by atomic mass is 32.2. The molecule has 0 atom stereocenters. The molecule has 0 heterocycles. The molecule has 0 aliphatic heterocycles. The Kier molecular flexibility index (Phi) is 7.75. The van der Waals surface area contributed by atoms with Crippen LogP contribution in [0.15, 0.2) is 23.1 Å². The van der Waals surface area contributed by atoms with Gasteiger partial charge in [0.05, 0.1) is 5.75 Å². The molecule has 0 spiro atoms. The van der Waals surface area contributed by atoms with Crippen molar-refractivity contribution in [3.63, 3.8) is 0 Å². The number of thioether (sulfide) groups is 1. The van der Waals surface area contributed by atoms with E-state index in [4.69, 9.17) is 0 Å². The number of rotatable bonds is 6. The molecule has 0 fully saturated rings. The van der Waals surface area contributed by atoms with Gasteiger partial charge in [-0.2, -0.15) is 13.2 Å². The van der Waals surface area contributed by atoms with Gasteiger partial charge in [0.15, 0.2) is 6.61 Å². The zero-order valence-electron chi connectivity index (χ0n) is 13.5. The molecule has 0 aliphatic carbocycles. The number of amides is 3. The van der Waals surface area contributed by atoms with Crippen molar-refractivity contribution in [1.82, 2.24) is 10.6 Å². The third kappa shape index (κ3) is 8.99. The van der Waals surface area contributed by atoms with E-state index in [0.29, 0.717) is 0 Å². The highest BCUT2D eigenvalue weighted by molar-refractivity contribution is 8.00. The van der Waals surface area contributed by atoms with Gasteiger partial charge < -0.3 is 10.1 Å². The number of nitrogens with one attached hydrogen (secondary N) is 2. The van der Waals surface area contributed by atoms with Crippen molar-refractivity contribution < 1.29 is 32.3 Å². The van der Waals surface area contributed by atoms with Gasteiger partial charge in [-0.05, 0) is 25.5 Å². The van der Waals surface area contributed by atoms with Crippen LogP contribution in [0.3, 0.4) is 0 Å². The van der Waals surface area contributed by atoms with E-state index in [2.05, 4.69) is 4.74 Å². The number of hydrogen-bond donors (Lipinski definition) is 2. The van der Waals surface area contributed by atoms with Crippen molar-refractivity contribution in [1.29, 1.82) is 0 Å². The lowest BCUT2D eigenvalue weighted by Gasteiger charge is -2.09. The summed E-state index contributed by atoms with van der Waals surface area (Å²) in [4.78, 5) is 34.8. The minimum absolute atomic E-state index is 0.0442. The quantitative estimate of drug-likeness (QED) is 0.586. The van der Waals surface area contributed by atoms with E-state index >= 15 is 0 Å². The fourth-order valence-corrected chi connectivity index (χ4v) is 2.48. The number of carbonyl (C=O) groups excluding carboxylic acids is 3. The molecule has 0 saturated carbocycles. The first-order valence-corrected chi connectivity index (χ1v) is 8.05. The number of hydrogen-bond acceptors (Lipinski definition) is 5. The highest BCUT2D eigenvalue weighted by Crippen LogP contribution is 2.23. The third-order valence-electron chi connectivity index (χ3n) is 2.74. The summed E-state index contributed by atoms with van der Waals surface area (Å²) in [7, 11) is 0. The van der Waals surface area contributed by atoms with Crippen LogP contribution in [0.25, 0.3) is 0 Å². The number of halogens is 3. The van der Waals surface area contributed by atoms with Gasteiger partial charge in [0.25, 0.3) is 5.91 Å². The van der Waals surface area contributed by atoms with E-state index in [1.165, 1.54) is 17.1 Å². The summed E-state index contributed by atoms with van der Waals surface area (Å²) < 4.78 is 40.3. The maximum Gasteiger partial charge on any atom is 0.405 e. The lowest BCUT2D eigenvalue weighted by molar-refractivity contribution is -0.145. The Bertz CT molecular complexity index is 650. The molecule has 0 saturated heterocycles. The normalized spacial score (nSPS) is 10.9. The second kappa shape index (κ2) is 9.30. The van der Waals surface area contributed by atoms with Gasteiger partial charge in [-0.25, -0.2) is 4.79 Å². The fourth-order valence-electron chi connectivity index (χ4n) is 1.67. The summed E-state index contributed by atoms with van der Waals surface area (Å²) in [6.45, 7) is 1.51. The van der Waals surface area contributed by atoms with Crippen LogP contribution in [-0.2, 0) is 14.3 Å². The minimum Gasteiger partial charge on any atom is -0.455 e.